The minimum Gasteiger partial charge on any atom is -0.445 e. The van der Waals surface area contributed by atoms with E-state index in [2.05, 4.69) is 31.1 Å². The molecule has 1 aliphatic heterocycles. The maximum atomic E-state index is 5.85. The lowest BCUT2D eigenvalue weighted by atomic mass is 10.1. The number of aryl methyl sites for hydroxylation is 1. The zero-order valence-electron chi connectivity index (χ0n) is 10.5. The van der Waals surface area contributed by atoms with Gasteiger partial charge in [-0.25, -0.2) is 4.98 Å². The van der Waals surface area contributed by atoms with Crippen molar-refractivity contribution in [1.82, 2.24) is 10.3 Å². The summed E-state index contributed by atoms with van der Waals surface area (Å²) in [5, 5.41) is 3.38. The molecule has 0 spiro atoms. The van der Waals surface area contributed by atoms with Gasteiger partial charge in [0, 0.05) is 12.8 Å². The normalized spacial score (nSPS) is 20.9. The molecule has 16 heavy (non-hydrogen) atoms. The number of nitrogens with one attached hydrogen (secondary N) is 1. The summed E-state index contributed by atoms with van der Waals surface area (Å²) in [6.45, 7) is 8.74. The number of hydrogen-bond donors (Lipinski definition) is 1. The van der Waals surface area contributed by atoms with E-state index in [-0.39, 0.29) is 0 Å². The van der Waals surface area contributed by atoms with Crippen molar-refractivity contribution in [3.05, 3.63) is 17.3 Å². The second kappa shape index (κ2) is 5.00. The first-order valence-corrected chi connectivity index (χ1v) is 6.39. The third-order valence-corrected chi connectivity index (χ3v) is 3.27. The van der Waals surface area contributed by atoms with Crippen LogP contribution in [0.3, 0.4) is 0 Å². The molecule has 3 heteroatoms. The average Bonchev–Trinajstić information content (AvgIpc) is 2.87. The molecular formula is C13H22N2O. The molecule has 1 N–H and O–H groups in total. The van der Waals surface area contributed by atoms with Crippen molar-refractivity contribution in [2.45, 2.75) is 46.0 Å². The van der Waals surface area contributed by atoms with E-state index in [1.165, 1.54) is 6.42 Å². The Bertz CT molecular complexity index is 338. The molecule has 1 atom stereocenters. The zero-order chi connectivity index (χ0) is 11.5. The molecule has 3 nitrogen and oxygen atoms in total. The maximum Gasteiger partial charge on any atom is 0.194 e. The maximum absolute atomic E-state index is 5.85. The van der Waals surface area contributed by atoms with E-state index in [0.29, 0.717) is 11.8 Å². The van der Waals surface area contributed by atoms with Crippen LogP contribution in [0.1, 0.15) is 50.5 Å². The molecule has 2 rings (SSSR count). The van der Waals surface area contributed by atoms with Crippen molar-refractivity contribution in [3.63, 3.8) is 0 Å². The van der Waals surface area contributed by atoms with E-state index in [4.69, 9.17) is 4.42 Å². The predicted octanol–water partition coefficient (Wildman–Crippen LogP) is 2.51. The monoisotopic (exact) mass is 222 g/mol. The fraction of sp³-hybridized carbons (Fsp3) is 0.769. The zero-order valence-corrected chi connectivity index (χ0v) is 10.5. The molecule has 0 radical (unpaired) electrons. The lowest BCUT2D eigenvalue weighted by Gasteiger charge is -2.03. The Morgan fingerprint density at radius 2 is 2.31 bits per heavy atom. The van der Waals surface area contributed by atoms with Crippen LogP contribution in [0.5, 0.6) is 0 Å². The second-order valence-electron chi connectivity index (χ2n) is 4.99. The standard InChI is InChI=1S/C13H22N2O/c1-4-11-13(9(2)3)15-12(16-11)7-10-5-6-14-8-10/h9-10,14H,4-8H2,1-3H3. The highest BCUT2D eigenvalue weighted by molar-refractivity contribution is 5.14. The van der Waals surface area contributed by atoms with Crippen LogP contribution in [0.2, 0.25) is 0 Å². The number of oxazole rings is 1. The van der Waals surface area contributed by atoms with Gasteiger partial charge in [0.15, 0.2) is 5.89 Å². The van der Waals surface area contributed by atoms with Gasteiger partial charge in [0.2, 0.25) is 0 Å². The van der Waals surface area contributed by atoms with Crippen LogP contribution in [0.4, 0.5) is 0 Å². The summed E-state index contributed by atoms with van der Waals surface area (Å²) >= 11 is 0. The number of nitrogens with zero attached hydrogens (tertiary/aromatic N) is 1. The van der Waals surface area contributed by atoms with E-state index < -0.39 is 0 Å². The molecule has 1 unspecified atom stereocenters. The molecule has 1 fully saturated rings. The van der Waals surface area contributed by atoms with Crippen molar-refractivity contribution >= 4 is 0 Å². The van der Waals surface area contributed by atoms with Crippen molar-refractivity contribution in [2.24, 2.45) is 5.92 Å². The Balaban J connectivity index is 2.09. The molecule has 1 aromatic rings. The number of rotatable bonds is 4. The van der Waals surface area contributed by atoms with E-state index in [1.807, 2.05) is 0 Å². The van der Waals surface area contributed by atoms with Gasteiger partial charge in [-0.2, -0.15) is 0 Å². The van der Waals surface area contributed by atoms with Crippen molar-refractivity contribution in [3.8, 4) is 0 Å². The highest BCUT2D eigenvalue weighted by atomic mass is 16.4. The summed E-state index contributed by atoms with van der Waals surface area (Å²) in [5.74, 6) is 3.20. The van der Waals surface area contributed by atoms with Crippen molar-refractivity contribution < 1.29 is 4.42 Å². The van der Waals surface area contributed by atoms with Gasteiger partial charge in [0.1, 0.15) is 5.76 Å². The molecule has 2 heterocycles. The Labute approximate surface area is 97.6 Å². The lowest BCUT2D eigenvalue weighted by molar-refractivity contribution is 0.419. The smallest absolute Gasteiger partial charge is 0.194 e. The molecule has 0 aliphatic carbocycles. The van der Waals surface area contributed by atoms with Gasteiger partial charge < -0.3 is 9.73 Å². The molecule has 90 valence electrons. The van der Waals surface area contributed by atoms with Gasteiger partial charge >= 0.3 is 0 Å². The first kappa shape index (κ1) is 11.6. The van der Waals surface area contributed by atoms with Gasteiger partial charge in [0.05, 0.1) is 5.69 Å². The Morgan fingerprint density at radius 1 is 1.50 bits per heavy atom. The van der Waals surface area contributed by atoms with Crippen LogP contribution in [-0.4, -0.2) is 18.1 Å². The molecule has 0 saturated carbocycles. The van der Waals surface area contributed by atoms with Crippen LogP contribution >= 0.6 is 0 Å². The third kappa shape index (κ3) is 2.46. The Morgan fingerprint density at radius 3 is 2.81 bits per heavy atom. The summed E-state index contributed by atoms with van der Waals surface area (Å²) < 4.78 is 5.85. The fourth-order valence-electron chi connectivity index (χ4n) is 2.34. The lowest BCUT2D eigenvalue weighted by Crippen LogP contribution is -2.10. The summed E-state index contributed by atoms with van der Waals surface area (Å²) in [4.78, 5) is 4.65. The molecule has 1 saturated heterocycles. The topological polar surface area (TPSA) is 38.1 Å². The van der Waals surface area contributed by atoms with Gasteiger partial charge in [0.25, 0.3) is 0 Å². The van der Waals surface area contributed by atoms with E-state index >= 15 is 0 Å². The van der Waals surface area contributed by atoms with E-state index in [9.17, 15) is 0 Å². The molecular weight excluding hydrogens is 200 g/mol. The van der Waals surface area contributed by atoms with E-state index in [0.717, 1.165) is 43.3 Å². The highest BCUT2D eigenvalue weighted by Crippen LogP contribution is 2.23. The SMILES string of the molecule is CCc1oc(CC2CCNC2)nc1C(C)C. The van der Waals surface area contributed by atoms with E-state index in [1.54, 1.807) is 0 Å². The molecule has 0 amide bonds. The molecule has 1 aliphatic rings. The molecule has 1 aromatic heterocycles. The first-order valence-electron chi connectivity index (χ1n) is 6.39. The molecule has 0 bridgehead atoms. The minimum atomic E-state index is 0.467. The van der Waals surface area contributed by atoms with Crippen LogP contribution in [0.15, 0.2) is 4.42 Å². The van der Waals surface area contributed by atoms with Crippen molar-refractivity contribution in [1.29, 1.82) is 0 Å². The van der Waals surface area contributed by atoms with Crippen LogP contribution in [-0.2, 0) is 12.8 Å². The second-order valence-corrected chi connectivity index (χ2v) is 4.99. The minimum absolute atomic E-state index is 0.467. The quantitative estimate of drug-likeness (QED) is 0.850. The van der Waals surface area contributed by atoms with Gasteiger partial charge in [-0.15, -0.1) is 0 Å². The van der Waals surface area contributed by atoms with Crippen LogP contribution in [0, 0.1) is 5.92 Å². The summed E-state index contributed by atoms with van der Waals surface area (Å²) in [6.07, 6.45) is 3.19. The first-order chi connectivity index (χ1) is 7.70. The summed E-state index contributed by atoms with van der Waals surface area (Å²) in [7, 11) is 0. The van der Waals surface area contributed by atoms with Crippen molar-refractivity contribution in [2.75, 3.05) is 13.1 Å². The average molecular weight is 222 g/mol. The van der Waals surface area contributed by atoms with Gasteiger partial charge in [-0.05, 0) is 31.3 Å². The predicted molar refractivity (Wildman–Crippen MR) is 64.7 cm³/mol. The fourth-order valence-corrected chi connectivity index (χ4v) is 2.34. The molecule has 0 aromatic carbocycles. The summed E-state index contributed by atoms with van der Waals surface area (Å²) in [5.41, 5.74) is 1.16. The highest BCUT2D eigenvalue weighted by Gasteiger charge is 2.20. The third-order valence-electron chi connectivity index (χ3n) is 3.27. The number of hydrogen-bond acceptors (Lipinski definition) is 3. The summed E-state index contributed by atoms with van der Waals surface area (Å²) in [6, 6.07) is 0. The number of aromatic nitrogens is 1. The Kier molecular flexibility index (Phi) is 3.64. The van der Waals surface area contributed by atoms with Gasteiger partial charge in [-0.3, -0.25) is 0 Å². The van der Waals surface area contributed by atoms with Crippen LogP contribution < -0.4 is 5.32 Å². The Hall–Kier alpha value is -0.830. The van der Waals surface area contributed by atoms with Crippen LogP contribution in [0.25, 0.3) is 0 Å². The van der Waals surface area contributed by atoms with Gasteiger partial charge in [-0.1, -0.05) is 20.8 Å². The largest absolute Gasteiger partial charge is 0.445 e.